The molecule has 0 aliphatic carbocycles. The molecular formula is C23H14ClN5O3. The van der Waals surface area contributed by atoms with Gasteiger partial charge in [0.25, 0.3) is 11.1 Å². The number of nitrogens with one attached hydrogen (secondary N) is 1. The van der Waals surface area contributed by atoms with Crippen LogP contribution in [0, 0.1) is 18.3 Å². The largest absolute Gasteiger partial charge is 0.493 e. The minimum absolute atomic E-state index is 0.113. The molecule has 0 aliphatic rings. The maximum atomic E-state index is 13.4. The van der Waals surface area contributed by atoms with Crippen molar-refractivity contribution < 1.29 is 5.11 Å². The fraction of sp³-hybridized carbons (Fsp3) is 0.0435. The Morgan fingerprint density at radius 3 is 2.72 bits per heavy atom. The van der Waals surface area contributed by atoms with Crippen LogP contribution in [0.1, 0.15) is 16.7 Å². The van der Waals surface area contributed by atoms with Crippen molar-refractivity contribution in [1.82, 2.24) is 19.2 Å². The fourth-order valence-electron chi connectivity index (χ4n) is 3.80. The summed E-state index contributed by atoms with van der Waals surface area (Å²) in [5.41, 5.74) is 1.25. The molecule has 0 saturated heterocycles. The van der Waals surface area contributed by atoms with E-state index in [9.17, 15) is 20.0 Å². The van der Waals surface area contributed by atoms with Crippen molar-refractivity contribution in [2.75, 3.05) is 0 Å². The number of para-hydroxylation sites is 2. The van der Waals surface area contributed by atoms with Gasteiger partial charge in [0, 0.05) is 10.2 Å². The highest BCUT2D eigenvalue weighted by molar-refractivity contribution is 6.30. The van der Waals surface area contributed by atoms with Crippen LogP contribution in [0.15, 0.2) is 58.1 Å². The molecule has 5 rings (SSSR count). The van der Waals surface area contributed by atoms with E-state index in [0.29, 0.717) is 27.3 Å². The fourth-order valence-corrected chi connectivity index (χ4v) is 3.98. The number of fused-ring (bicyclic) bond motifs is 3. The number of nitriles is 1. The van der Waals surface area contributed by atoms with Crippen LogP contribution < -0.4 is 16.3 Å². The first-order valence-electron chi connectivity index (χ1n) is 9.56. The first-order valence-corrected chi connectivity index (χ1v) is 9.94. The Hall–Kier alpha value is -4.35. The van der Waals surface area contributed by atoms with E-state index in [4.69, 9.17) is 11.6 Å². The van der Waals surface area contributed by atoms with Gasteiger partial charge >= 0.3 is 0 Å². The number of imidazole rings is 1. The normalized spacial score (nSPS) is 12.0. The van der Waals surface area contributed by atoms with Crippen LogP contribution in [0.3, 0.4) is 0 Å². The molecule has 3 heterocycles. The van der Waals surface area contributed by atoms with Crippen LogP contribution in [-0.2, 0) is 0 Å². The van der Waals surface area contributed by atoms with Crippen LogP contribution in [0.2, 0.25) is 5.02 Å². The van der Waals surface area contributed by atoms with Crippen molar-refractivity contribution in [1.29, 1.82) is 5.26 Å². The lowest BCUT2D eigenvalue weighted by Gasteiger charge is -2.04. The van der Waals surface area contributed by atoms with Gasteiger partial charge in [0.15, 0.2) is 5.65 Å². The predicted octanol–water partition coefficient (Wildman–Crippen LogP) is 2.41. The summed E-state index contributed by atoms with van der Waals surface area (Å²) in [6.07, 6.45) is 1.29. The topological polar surface area (TPSA) is 116 Å². The van der Waals surface area contributed by atoms with E-state index >= 15 is 0 Å². The Balaban J connectivity index is 1.86. The summed E-state index contributed by atoms with van der Waals surface area (Å²) in [6, 6.07) is 15.7. The zero-order valence-corrected chi connectivity index (χ0v) is 17.4. The quantitative estimate of drug-likeness (QED) is 0.434. The van der Waals surface area contributed by atoms with Crippen LogP contribution >= 0.6 is 11.6 Å². The molecule has 0 bridgehead atoms. The number of pyridine rings is 1. The number of rotatable bonds is 2. The molecule has 5 aromatic rings. The number of aromatic amines is 1. The van der Waals surface area contributed by atoms with E-state index in [1.165, 1.54) is 15.2 Å². The van der Waals surface area contributed by atoms with Crippen molar-refractivity contribution >= 4 is 34.4 Å². The minimum Gasteiger partial charge on any atom is -0.493 e. The highest BCUT2D eigenvalue weighted by Gasteiger charge is 2.18. The third kappa shape index (κ3) is 2.80. The highest BCUT2D eigenvalue weighted by Crippen LogP contribution is 2.22. The number of nitrogens with zero attached hydrogens (tertiary/aromatic N) is 4. The number of H-pyrrole nitrogens is 1. The molecule has 156 valence electrons. The van der Waals surface area contributed by atoms with Gasteiger partial charge in [-0.15, -0.1) is 0 Å². The van der Waals surface area contributed by atoms with Crippen LogP contribution in [0.5, 0.6) is 5.88 Å². The van der Waals surface area contributed by atoms with E-state index in [-0.39, 0.29) is 27.9 Å². The zero-order valence-electron chi connectivity index (χ0n) is 16.6. The van der Waals surface area contributed by atoms with E-state index < -0.39 is 11.1 Å². The van der Waals surface area contributed by atoms with Gasteiger partial charge in [0.1, 0.15) is 11.6 Å². The van der Waals surface area contributed by atoms with Crippen molar-refractivity contribution in [3.63, 3.8) is 0 Å². The Bertz CT molecular complexity index is 1770. The Kier molecular flexibility index (Phi) is 4.36. The number of halogens is 1. The minimum atomic E-state index is -0.602. The number of aromatic hydroxyl groups is 1. The summed E-state index contributed by atoms with van der Waals surface area (Å²) < 4.78 is 2.53. The highest BCUT2D eigenvalue weighted by atomic mass is 35.5. The molecule has 0 aliphatic heterocycles. The van der Waals surface area contributed by atoms with Crippen LogP contribution in [0.25, 0.3) is 28.4 Å². The Morgan fingerprint density at radius 1 is 1.19 bits per heavy atom. The van der Waals surface area contributed by atoms with Crippen molar-refractivity contribution in [2.24, 2.45) is 0 Å². The average molecular weight is 444 g/mol. The predicted molar refractivity (Wildman–Crippen MR) is 120 cm³/mol. The van der Waals surface area contributed by atoms with Gasteiger partial charge in [-0.3, -0.25) is 19.1 Å². The van der Waals surface area contributed by atoms with Crippen molar-refractivity contribution in [3.05, 3.63) is 96.2 Å². The van der Waals surface area contributed by atoms with Gasteiger partial charge in [-0.1, -0.05) is 29.8 Å². The molecule has 9 heteroatoms. The summed E-state index contributed by atoms with van der Waals surface area (Å²) in [4.78, 5) is 30.5. The van der Waals surface area contributed by atoms with Crippen molar-refractivity contribution in [2.45, 2.75) is 6.92 Å². The van der Waals surface area contributed by atoms with Crippen molar-refractivity contribution in [3.8, 4) is 17.6 Å². The summed E-state index contributed by atoms with van der Waals surface area (Å²) in [5, 5.41) is 23.6. The molecule has 0 fully saturated rings. The van der Waals surface area contributed by atoms with Crippen LogP contribution in [-0.4, -0.2) is 24.3 Å². The lowest BCUT2D eigenvalue weighted by Crippen LogP contribution is -2.34. The lowest BCUT2D eigenvalue weighted by molar-refractivity contribution is 0.432. The summed E-state index contributed by atoms with van der Waals surface area (Å²) >= 11 is 6.02. The van der Waals surface area contributed by atoms with Gasteiger partial charge in [-0.25, -0.2) is 9.67 Å². The maximum absolute atomic E-state index is 13.4. The molecule has 0 spiro atoms. The number of benzene rings is 2. The lowest BCUT2D eigenvalue weighted by atomic mass is 10.1. The van der Waals surface area contributed by atoms with E-state index in [1.807, 2.05) is 0 Å². The monoisotopic (exact) mass is 443 g/mol. The van der Waals surface area contributed by atoms with Gasteiger partial charge in [0.05, 0.1) is 22.3 Å². The Labute approximate surface area is 184 Å². The Morgan fingerprint density at radius 2 is 1.97 bits per heavy atom. The van der Waals surface area contributed by atoms with E-state index in [1.54, 1.807) is 55.5 Å². The molecule has 0 radical (unpaired) electrons. The molecule has 0 saturated carbocycles. The van der Waals surface area contributed by atoms with Crippen LogP contribution in [0.4, 0.5) is 0 Å². The third-order valence-corrected chi connectivity index (χ3v) is 5.61. The van der Waals surface area contributed by atoms with E-state index in [2.05, 4.69) is 16.2 Å². The molecule has 32 heavy (non-hydrogen) atoms. The second-order valence-electron chi connectivity index (χ2n) is 7.23. The summed E-state index contributed by atoms with van der Waals surface area (Å²) in [7, 11) is 0. The zero-order chi connectivity index (χ0) is 22.6. The standard InChI is InChI=1S/C23H14ClN5O3/c1-12-15(10-16-21(30)27-29(23(16)32)14-6-4-5-13(24)9-14)22(31)28-19-8-3-2-7-18(19)26-20(28)17(12)11-25/h2-10,32H,1H3,(H,27,30). The van der Waals surface area contributed by atoms with Gasteiger partial charge < -0.3 is 5.11 Å². The molecular weight excluding hydrogens is 430 g/mol. The molecule has 0 atom stereocenters. The second kappa shape index (κ2) is 7.11. The van der Waals surface area contributed by atoms with Gasteiger partial charge in [-0.05, 0) is 48.9 Å². The maximum Gasteiger partial charge on any atom is 0.275 e. The first kappa shape index (κ1) is 19.6. The van der Waals surface area contributed by atoms with Gasteiger partial charge in [0.2, 0.25) is 5.88 Å². The average Bonchev–Trinajstić information content (AvgIpc) is 3.29. The molecule has 3 aromatic heterocycles. The SMILES string of the molecule is Cc1c(C#N)c2nc3ccccc3n2c(=O)c1=Cc1c(O)n(-c2cccc(Cl)c2)[nH]c1=O. The summed E-state index contributed by atoms with van der Waals surface area (Å²) in [6.45, 7) is 1.62. The molecule has 0 unspecified atom stereocenters. The van der Waals surface area contributed by atoms with Gasteiger partial charge in [-0.2, -0.15) is 5.26 Å². The molecule has 8 nitrogen and oxygen atoms in total. The molecule has 2 N–H and O–H groups in total. The smallest absolute Gasteiger partial charge is 0.275 e. The van der Waals surface area contributed by atoms with E-state index in [0.717, 1.165) is 0 Å². The summed E-state index contributed by atoms with van der Waals surface area (Å²) in [5.74, 6) is -0.384. The number of hydrogen-bond donors (Lipinski definition) is 2. The first-order chi connectivity index (χ1) is 15.4. The number of hydrogen-bond acceptors (Lipinski definition) is 5. The molecule has 0 amide bonds. The molecule has 2 aromatic carbocycles. The third-order valence-electron chi connectivity index (χ3n) is 5.37. The number of aromatic nitrogens is 4. The second-order valence-corrected chi connectivity index (χ2v) is 7.66.